The molecule has 0 aliphatic heterocycles. The Balaban J connectivity index is 3.97. The van der Waals surface area contributed by atoms with Gasteiger partial charge in [0.05, 0.1) is 12.4 Å². The Labute approximate surface area is 105 Å². The Kier molecular flexibility index (Phi) is 8.77. The topological polar surface area (TPSA) is 58.6 Å². The standard InChI is InChI=1S/C11H26N2O3S/c1-5-6-12-11(10-16-3)9-13(2)7-8-17(4,14)15/h11-12H,5-10H2,1-4H3. The molecule has 0 fully saturated rings. The van der Waals surface area contributed by atoms with Gasteiger partial charge in [-0.05, 0) is 20.0 Å². The molecule has 104 valence electrons. The van der Waals surface area contributed by atoms with Gasteiger partial charge in [-0.2, -0.15) is 0 Å². The molecule has 0 radical (unpaired) electrons. The zero-order valence-corrected chi connectivity index (χ0v) is 12.2. The van der Waals surface area contributed by atoms with E-state index in [0.29, 0.717) is 13.2 Å². The van der Waals surface area contributed by atoms with Crippen LogP contribution >= 0.6 is 0 Å². The number of likely N-dealkylation sites (N-methyl/N-ethyl adjacent to an activating group) is 1. The maximum atomic E-state index is 11.1. The van der Waals surface area contributed by atoms with Crippen molar-refractivity contribution in [2.24, 2.45) is 0 Å². The third kappa shape index (κ3) is 10.7. The molecule has 0 rings (SSSR count). The first-order valence-corrected chi connectivity index (χ1v) is 8.03. The van der Waals surface area contributed by atoms with Gasteiger partial charge in [0, 0.05) is 32.5 Å². The van der Waals surface area contributed by atoms with E-state index in [9.17, 15) is 8.42 Å². The minimum Gasteiger partial charge on any atom is -0.383 e. The largest absolute Gasteiger partial charge is 0.383 e. The van der Waals surface area contributed by atoms with E-state index in [2.05, 4.69) is 12.2 Å². The fourth-order valence-electron chi connectivity index (χ4n) is 1.51. The molecule has 6 heteroatoms. The minimum atomic E-state index is -2.88. The fraction of sp³-hybridized carbons (Fsp3) is 1.00. The van der Waals surface area contributed by atoms with Crippen molar-refractivity contribution in [1.29, 1.82) is 0 Å². The lowest BCUT2D eigenvalue weighted by Crippen LogP contribution is -2.43. The molecule has 5 nitrogen and oxygen atoms in total. The molecule has 0 saturated heterocycles. The molecule has 0 bridgehead atoms. The van der Waals surface area contributed by atoms with Gasteiger partial charge >= 0.3 is 0 Å². The second kappa shape index (κ2) is 8.85. The van der Waals surface area contributed by atoms with Gasteiger partial charge in [-0.25, -0.2) is 8.42 Å². The van der Waals surface area contributed by atoms with Crippen molar-refractivity contribution in [2.75, 3.05) is 52.4 Å². The van der Waals surface area contributed by atoms with Gasteiger partial charge in [-0.3, -0.25) is 0 Å². The van der Waals surface area contributed by atoms with Crippen LogP contribution < -0.4 is 5.32 Å². The maximum Gasteiger partial charge on any atom is 0.148 e. The number of methoxy groups -OCH3 is 1. The Hall–Kier alpha value is -0.170. The Morgan fingerprint density at radius 2 is 2.06 bits per heavy atom. The molecule has 1 unspecified atom stereocenters. The van der Waals surface area contributed by atoms with Crippen molar-refractivity contribution in [3.63, 3.8) is 0 Å². The van der Waals surface area contributed by atoms with Gasteiger partial charge in [-0.1, -0.05) is 6.92 Å². The summed E-state index contributed by atoms with van der Waals surface area (Å²) in [6, 6.07) is 0.254. The van der Waals surface area contributed by atoms with Crippen molar-refractivity contribution >= 4 is 9.84 Å². The van der Waals surface area contributed by atoms with E-state index in [4.69, 9.17) is 4.74 Å². The molecule has 17 heavy (non-hydrogen) atoms. The third-order valence-electron chi connectivity index (χ3n) is 2.43. The van der Waals surface area contributed by atoms with Crippen LogP contribution in [0, 0.1) is 0 Å². The molecular weight excluding hydrogens is 240 g/mol. The van der Waals surface area contributed by atoms with Gasteiger partial charge in [0.25, 0.3) is 0 Å². The van der Waals surface area contributed by atoms with Crippen molar-refractivity contribution < 1.29 is 13.2 Å². The highest BCUT2D eigenvalue weighted by Crippen LogP contribution is 1.93. The number of sulfone groups is 1. The Bertz CT molecular complexity index is 280. The molecule has 0 aliphatic rings. The van der Waals surface area contributed by atoms with E-state index in [0.717, 1.165) is 19.5 Å². The van der Waals surface area contributed by atoms with Crippen LogP contribution in [0.3, 0.4) is 0 Å². The van der Waals surface area contributed by atoms with Gasteiger partial charge < -0.3 is 15.0 Å². The van der Waals surface area contributed by atoms with Gasteiger partial charge in [-0.15, -0.1) is 0 Å². The van der Waals surface area contributed by atoms with Crippen molar-refractivity contribution in [3.8, 4) is 0 Å². The minimum absolute atomic E-state index is 0.205. The maximum absolute atomic E-state index is 11.1. The zero-order valence-electron chi connectivity index (χ0n) is 11.4. The van der Waals surface area contributed by atoms with Crippen LogP contribution in [-0.4, -0.2) is 71.8 Å². The Morgan fingerprint density at radius 3 is 2.53 bits per heavy atom. The monoisotopic (exact) mass is 266 g/mol. The average molecular weight is 266 g/mol. The van der Waals surface area contributed by atoms with E-state index >= 15 is 0 Å². The molecule has 1 N–H and O–H groups in total. The fourth-order valence-corrected chi connectivity index (χ4v) is 2.16. The second-order valence-corrected chi connectivity index (χ2v) is 6.76. The van der Waals surface area contributed by atoms with Crippen LogP contribution in [0.25, 0.3) is 0 Å². The number of hydrogen-bond acceptors (Lipinski definition) is 5. The first-order valence-electron chi connectivity index (χ1n) is 5.97. The third-order valence-corrected chi connectivity index (χ3v) is 3.35. The molecule has 0 saturated carbocycles. The quantitative estimate of drug-likeness (QED) is 0.602. The predicted octanol–water partition coefficient (Wildman–Crippen LogP) is -0.0226. The molecule has 1 atom stereocenters. The van der Waals surface area contributed by atoms with E-state index in [1.807, 2.05) is 11.9 Å². The van der Waals surface area contributed by atoms with E-state index in [1.54, 1.807) is 7.11 Å². The first kappa shape index (κ1) is 16.8. The van der Waals surface area contributed by atoms with Crippen LogP contribution in [-0.2, 0) is 14.6 Å². The van der Waals surface area contributed by atoms with Crippen LogP contribution in [0.4, 0.5) is 0 Å². The Morgan fingerprint density at radius 1 is 1.41 bits per heavy atom. The predicted molar refractivity (Wildman–Crippen MR) is 71.2 cm³/mol. The molecule has 0 amide bonds. The lowest BCUT2D eigenvalue weighted by Gasteiger charge is -2.24. The highest BCUT2D eigenvalue weighted by atomic mass is 32.2. The van der Waals surface area contributed by atoms with Gasteiger partial charge in [0.15, 0.2) is 0 Å². The van der Waals surface area contributed by atoms with Crippen molar-refractivity contribution in [2.45, 2.75) is 19.4 Å². The average Bonchev–Trinajstić information content (AvgIpc) is 2.22. The van der Waals surface area contributed by atoms with Crippen LogP contribution in [0.5, 0.6) is 0 Å². The summed E-state index contributed by atoms with van der Waals surface area (Å²) in [6.45, 7) is 5.07. The number of rotatable bonds is 10. The molecular formula is C11H26N2O3S. The van der Waals surface area contributed by atoms with E-state index in [1.165, 1.54) is 6.26 Å². The molecule has 0 spiro atoms. The number of hydrogen-bond donors (Lipinski definition) is 1. The summed E-state index contributed by atoms with van der Waals surface area (Å²) in [5, 5.41) is 3.38. The molecule has 0 heterocycles. The summed E-state index contributed by atoms with van der Waals surface area (Å²) in [5.41, 5.74) is 0. The smallest absolute Gasteiger partial charge is 0.148 e. The number of ether oxygens (including phenoxy) is 1. The highest BCUT2D eigenvalue weighted by Gasteiger charge is 2.12. The molecule has 0 aliphatic carbocycles. The lowest BCUT2D eigenvalue weighted by molar-refractivity contribution is 0.147. The number of nitrogens with zero attached hydrogens (tertiary/aromatic N) is 1. The SMILES string of the molecule is CCCNC(COC)CN(C)CCS(C)(=O)=O. The van der Waals surface area contributed by atoms with Crippen LogP contribution in [0.2, 0.25) is 0 Å². The summed E-state index contributed by atoms with van der Waals surface area (Å²) >= 11 is 0. The van der Waals surface area contributed by atoms with Crippen molar-refractivity contribution in [3.05, 3.63) is 0 Å². The summed E-state index contributed by atoms with van der Waals surface area (Å²) in [6.07, 6.45) is 2.34. The second-order valence-electron chi connectivity index (χ2n) is 4.50. The first-order chi connectivity index (χ1) is 7.89. The van der Waals surface area contributed by atoms with Crippen molar-refractivity contribution in [1.82, 2.24) is 10.2 Å². The summed E-state index contributed by atoms with van der Waals surface area (Å²) in [5.74, 6) is 0.205. The highest BCUT2D eigenvalue weighted by molar-refractivity contribution is 7.90. The summed E-state index contributed by atoms with van der Waals surface area (Å²) < 4.78 is 27.2. The van der Waals surface area contributed by atoms with E-state index < -0.39 is 9.84 Å². The van der Waals surface area contributed by atoms with Gasteiger partial charge in [0.1, 0.15) is 9.84 Å². The van der Waals surface area contributed by atoms with E-state index in [-0.39, 0.29) is 11.8 Å². The summed E-state index contributed by atoms with van der Waals surface area (Å²) in [7, 11) is 0.732. The normalized spacial score (nSPS) is 14.2. The van der Waals surface area contributed by atoms with Crippen LogP contribution in [0.15, 0.2) is 0 Å². The zero-order chi connectivity index (χ0) is 13.3. The van der Waals surface area contributed by atoms with Crippen LogP contribution in [0.1, 0.15) is 13.3 Å². The lowest BCUT2D eigenvalue weighted by atomic mass is 10.3. The molecule has 0 aromatic rings. The molecule has 0 aromatic heterocycles. The van der Waals surface area contributed by atoms with Gasteiger partial charge in [0.2, 0.25) is 0 Å². The number of nitrogens with one attached hydrogen (secondary N) is 1. The molecule has 0 aromatic carbocycles. The summed E-state index contributed by atoms with van der Waals surface area (Å²) in [4.78, 5) is 2.02.